The Morgan fingerprint density at radius 2 is 1.95 bits per heavy atom. The largest absolute Gasteiger partial charge is 0.326 e. The monoisotopic (exact) mass is 297 g/mol. The van der Waals surface area contributed by atoms with Crippen LogP contribution in [0.4, 0.5) is 5.69 Å². The first-order chi connectivity index (χ1) is 9.53. The maximum absolute atomic E-state index is 12.1. The normalized spacial score (nSPS) is 17.9. The summed E-state index contributed by atoms with van der Waals surface area (Å²) >= 11 is 0. The number of carbonyl (C=O) groups is 1. The third-order valence-corrected chi connectivity index (χ3v) is 5.41. The van der Waals surface area contributed by atoms with Crippen molar-refractivity contribution in [3.05, 3.63) is 24.5 Å². The van der Waals surface area contributed by atoms with Gasteiger partial charge >= 0.3 is 0 Å². The van der Waals surface area contributed by atoms with Crippen LogP contribution in [0.5, 0.6) is 0 Å². The summed E-state index contributed by atoms with van der Waals surface area (Å²) in [4.78, 5) is 16.0. The second-order valence-corrected chi connectivity index (χ2v) is 7.06. The minimum atomic E-state index is -3.14. The third-order valence-electron chi connectivity index (χ3n) is 3.53. The number of anilines is 1. The third kappa shape index (κ3) is 3.55. The van der Waals surface area contributed by atoms with Crippen LogP contribution in [-0.4, -0.2) is 42.5 Å². The molecule has 1 amide bonds. The van der Waals surface area contributed by atoms with Gasteiger partial charge in [-0.25, -0.2) is 12.7 Å². The van der Waals surface area contributed by atoms with Crippen molar-refractivity contribution in [1.29, 1.82) is 0 Å². The van der Waals surface area contributed by atoms with E-state index in [2.05, 4.69) is 10.3 Å². The van der Waals surface area contributed by atoms with Crippen molar-refractivity contribution in [2.75, 3.05) is 24.2 Å². The molecule has 1 aromatic heterocycles. The summed E-state index contributed by atoms with van der Waals surface area (Å²) in [5, 5.41) is 2.83. The standard InChI is InChI=1S/C13H19N3O3S/c1-2-20(18,19)16-9-5-11(6-10-16)13(17)15-12-3-7-14-8-4-12/h3-4,7-8,11H,2,5-6,9-10H2,1H3,(H,14,15,17). The zero-order valence-corrected chi connectivity index (χ0v) is 12.3. The number of aromatic nitrogens is 1. The molecule has 110 valence electrons. The van der Waals surface area contributed by atoms with Crippen LogP contribution in [-0.2, 0) is 14.8 Å². The number of hydrogen-bond donors (Lipinski definition) is 1. The van der Waals surface area contributed by atoms with E-state index in [9.17, 15) is 13.2 Å². The molecule has 0 bridgehead atoms. The Kier molecular flexibility index (Phi) is 4.72. The van der Waals surface area contributed by atoms with Gasteiger partial charge in [-0.15, -0.1) is 0 Å². The lowest BCUT2D eigenvalue weighted by Gasteiger charge is -2.30. The van der Waals surface area contributed by atoms with Crippen LogP contribution < -0.4 is 5.32 Å². The number of nitrogens with one attached hydrogen (secondary N) is 1. The van der Waals surface area contributed by atoms with Crippen LogP contribution >= 0.6 is 0 Å². The second-order valence-electron chi connectivity index (χ2n) is 4.80. The van der Waals surface area contributed by atoms with Crippen molar-refractivity contribution >= 4 is 21.6 Å². The zero-order chi connectivity index (χ0) is 14.6. The predicted molar refractivity (Wildman–Crippen MR) is 76.6 cm³/mol. The quantitative estimate of drug-likeness (QED) is 0.902. The maximum atomic E-state index is 12.1. The zero-order valence-electron chi connectivity index (χ0n) is 11.4. The number of sulfonamides is 1. The first-order valence-electron chi connectivity index (χ1n) is 6.71. The van der Waals surface area contributed by atoms with E-state index < -0.39 is 10.0 Å². The Balaban J connectivity index is 1.89. The summed E-state index contributed by atoms with van der Waals surface area (Å²) in [6, 6.07) is 3.46. The molecule has 2 heterocycles. The van der Waals surface area contributed by atoms with Crippen LogP contribution in [0.25, 0.3) is 0 Å². The lowest BCUT2D eigenvalue weighted by Crippen LogP contribution is -2.42. The Bertz CT molecular complexity index is 551. The van der Waals surface area contributed by atoms with Gasteiger partial charge in [0.05, 0.1) is 5.75 Å². The van der Waals surface area contributed by atoms with Crippen molar-refractivity contribution < 1.29 is 13.2 Å². The first kappa shape index (κ1) is 14.9. The van der Waals surface area contributed by atoms with Gasteiger partial charge in [0.2, 0.25) is 15.9 Å². The molecule has 0 radical (unpaired) electrons. The number of amides is 1. The van der Waals surface area contributed by atoms with Gasteiger partial charge in [0.15, 0.2) is 0 Å². The fourth-order valence-corrected chi connectivity index (χ4v) is 3.39. The number of carbonyl (C=O) groups excluding carboxylic acids is 1. The van der Waals surface area contributed by atoms with Crippen molar-refractivity contribution in [1.82, 2.24) is 9.29 Å². The molecule has 0 saturated carbocycles. The summed E-state index contributed by atoms with van der Waals surface area (Å²) in [5.41, 5.74) is 0.716. The van der Waals surface area contributed by atoms with Gasteiger partial charge < -0.3 is 5.32 Å². The number of nitrogens with zero attached hydrogens (tertiary/aromatic N) is 2. The van der Waals surface area contributed by atoms with Gasteiger partial charge in [-0.3, -0.25) is 9.78 Å². The molecule has 2 rings (SSSR count). The molecule has 0 aromatic carbocycles. The summed E-state index contributed by atoms with van der Waals surface area (Å²) in [6.07, 6.45) is 4.37. The molecule has 0 unspecified atom stereocenters. The van der Waals surface area contributed by atoms with E-state index in [4.69, 9.17) is 0 Å². The lowest BCUT2D eigenvalue weighted by molar-refractivity contribution is -0.120. The van der Waals surface area contributed by atoms with Crippen LogP contribution in [0.3, 0.4) is 0 Å². The lowest BCUT2D eigenvalue weighted by atomic mass is 9.97. The SMILES string of the molecule is CCS(=O)(=O)N1CCC(C(=O)Nc2ccncc2)CC1. The van der Waals surface area contributed by atoms with E-state index in [1.807, 2.05) is 0 Å². The van der Waals surface area contributed by atoms with E-state index in [-0.39, 0.29) is 17.6 Å². The highest BCUT2D eigenvalue weighted by atomic mass is 32.2. The van der Waals surface area contributed by atoms with Crippen LogP contribution in [0.15, 0.2) is 24.5 Å². The van der Waals surface area contributed by atoms with Crippen molar-refractivity contribution in [2.45, 2.75) is 19.8 Å². The topological polar surface area (TPSA) is 79.4 Å². The van der Waals surface area contributed by atoms with E-state index >= 15 is 0 Å². The molecular weight excluding hydrogens is 278 g/mol. The molecule has 0 atom stereocenters. The Labute approximate surface area is 119 Å². The summed E-state index contributed by atoms with van der Waals surface area (Å²) < 4.78 is 25.0. The fraction of sp³-hybridized carbons (Fsp3) is 0.538. The predicted octanol–water partition coefficient (Wildman–Crippen LogP) is 1.08. The molecule has 0 aliphatic carbocycles. The number of piperidine rings is 1. The first-order valence-corrected chi connectivity index (χ1v) is 8.32. The van der Waals surface area contributed by atoms with Gasteiger partial charge in [0, 0.05) is 37.1 Å². The highest BCUT2D eigenvalue weighted by molar-refractivity contribution is 7.89. The van der Waals surface area contributed by atoms with Gasteiger partial charge in [-0.05, 0) is 31.9 Å². The van der Waals surface area contributed by atoms with E-state index in [1.165, 1.54) is 4.31 Å². The molecule has 0 spiro atoms. The smallest absolute Gasteiger partial charge is 0.227 e. The van der Waals surface area contributed by atoms with Crippen LogP contribution in [0, 0.1) is 5.92 Å². The molecular formula is C13H19N3O3S. The van der Waals surface area contributed by atoms with E-state index in [1.54, 1.807) is 31.5 Å². The molecule has 1 fully saturated rings. The van der Waals surface area contributed by atoms with Crippen LogP contribution in [0.1, 0.15) is 19.8 Å². The average Bonchev–Trinajstić information content (AvgIpc) is 2.48. The van der Waals surface area contributed by atoms with Crippen molar-refractivity contribution in [3.63, 3.8) is 0 Å². The van der Waals surface area contributed by atoms with Gasteiger partial charge in [0.1, 0.15) is 0 Å². The summed E-state index contributed by atoms with van der Waals surface area (Å²) in [5.74, 6) is -0.0721. The van der Waals surface area contributed by atoms with Crippen molar-refractivity contribution in [3.8, 4) is 0 Å². The van der Waals surface area contributed by atoms with Gasteiger partial charge in [0.25, 0.3) is 0 Å². The second kappa shape index (κ2) is 6.32. The average molecular weight is 297 g/mol. The highest BCUT2D eigenvalue weighted by Gasteiger charge is 2.30. The maximum Gasteiger partial charge on any atom is 0.227 e. The van der Waals surface area contributed by atoms with Gasteiger partial charge in [-0.2, -0.15) is 0 Å². The molecule has 1 aromatic rings. The molecule has 1 aliphatic rings. The molecule has 6 nitrogen and oxygen atoms in total. The summed E-state index contributed by atoms with van der Waals surface area (Å²) in [7, 11) is -3.14. The Morgan fingerprint density at radius 3 is 2.50 bits per heavy atom. The van der Waals surface area contributed by atoms with Crippen LogP contribution in [0.2, 0.25) is 0 Å². The molecule has 1 saturated heterocycles. The molecule has 20 heavy (non-hydrogen) atoms. The minimum absolute atomic E-state index is 0.0512. The molecule has 7 heteroatoms. The Morgan fingerprint density at radius 1 is 1.35 bits per heavy atom. The molecule has 1 aliphatic heterocycles. The Hall–Kier alpha value is -1.47. The molecule has 1 N–H and O–H groups in total. The number of pyridine rings is 1. The number of hydrogen-bond acceptors (Lipinski definition) is 4. The highest BCUT2D eigenvalue weighted by Crippen LogP contribution is 2.21. The number of rotatable bonds is 4. The van der Waals surface area contributed by atoms with Gasteiger partial charge in [-0.1, -0.05) is 0 Å². The minimum Gasteiger partial charge on any atom is -0.326 e. The fourth-order valence-electron chi connectivity index (χ4n) is 2.26. The van der Waals surface area contributed by atoms with E-state index in [0.29, 0.717) is 31.6 Å². The van der Waals surface area contributed by atoms with E-state index in [0.717, 1.165) is 0 Å². The van der Waals surface area contributed by atoms with Crippen molar-refractivity contribution in [2.24, 2.45) is 5.92 Å². The summed E-state index contributed by atoms with van der Waals surface area (Å²) in [6.45, 7) is 2.48.